The van der Waals surface area contributed by atoms with E-state index < -0.39 is 11.8 Å². The number of aryl methyl sites for hydroxylation is 1. The zero-order chi connectivity index (χ0) is 14.1. The highest BCUT2D eigenvalue weighted by Gasteiger charge is 2.28. The fourth-order valence-corrected chi connectivity index (χ4v) is 1.87. The molecule has 1 aromatic carbocycles. The number of aliphatic carboxylic acids is 1. The molecule has 98 valence electrons. The molecular weight excluding hydrogens is 232 g/mol. The Morgan fingerprint density at radius 2 is 1.78 bits per heavy atom. The summed E-state index contributed by atoms with van der Waals surface area (Å²) < 4.78 is 5.27. The number of Topliss-reactive ketones (excluding diaryl/α,β-unsaturated/α-hetero) is 1. The number of benzene rings is 1. The van der Waals surface area contributed by atoms with Crippen LogP contribution in [0.1, 0.15) is 42.3 Å². The van der Waals surface area contributed by atoms with Gasteiger partial charge in [-0.05, 0) is 17.9 Å². The Bertz CT molecular complexity index is 495. The molecule has 1 aromatic rings. The minimum atomic E-state index is -1.47. The van der Waals surface area contributed by atoms with Crippen molar-refractivity contribution in [2.75, 3.05) is 7.11 Å². The molecule has 1 rings (SSSR count). The van der Waals surface area contributed by atoms with Crippen LogP contribution in [0, 0.1) is 6.92 Å². The van der Waals surface area contributed by atoms with Gasteiger partial charge in [-0.25, -0.2) is 4.79 Å². The maximum atomic E-state index is 11.7. The Labute approximate surface area is 107 Å². The molecule has 0 unspecified atom stereocenters. The molecule has 0 heterocycles. The van der Waals surface area contributed by atoms with E-state index >= 15 is 0 Å². The number of carbonyl (C=O) groups is 2. The van der Waals surface area contributed by atoms with Gasteiger partial charge in [-0.2, -0.15) is 0 Å². The van der Waals surface area contributed by atoms with Gasteiger partial charge in [-0.3, -0.25) is 4.79 Å². The van der Waals surface area contributed by atoms with Crippen molar-refractivity contribution in [1.29, 1.82) is 0 Å². The van der Waals surface area contributed by atoms with Crippen molar-refractivity contribution in [1.82, 2.24) is 0 Å². The molecule has 0 bridgehead atoms. The SMILES string of the molecule is COc1c(C(C)(C)C)ccc(C)c1C(=O)C(=O)O. The Morgan fingerprint density at radius 1 is 1.22 bits per heavy atom. The van der Waals surface area contributed by atoms with E-state index in [1.807, 2.05) is 26.8 Å². The number of carboxylic acids is 1. The van der Waals surface area contributed by atoms with E-state index in [2.05, 4.69) is 0 Å². The minimum Gasteiger partial charge on any atom is -0.496 e. The topological polar surface area (TPSA) is 63.6 Å². The van der Waals surface area contributed by atoms with Crippen LogP contribution in [0.15, 0.2) is 12.1 Å². The van der Waals surface area contributed by atoms with Crippen LogP contribution in [0.4, 0.5) is 0 Å². The van der Waals surface area contributed by atoms with Crippen LogP contribution in [-0.2, 0) is 10.2 Å². The molecule has 4 nitrogen and oxygen atoms in total. The molecule has 0 saturated carbocycles. The van der Waals surface area contributed by atoms with Gasteiger partial charge in [-0.1, -0.05) is 32.9 Å². The van der Waals surface area contributed by atoms with E-state index in [1.165, 1.54) is 7.11 Å². The predicted octanol–water partition coefficient (Wildman–Crippen LogP) is 2.57. The van der Waals surface area contributed by atoms with Crippen LogP contribution in [0.25, 0.3) is 0 Å². The van der Waals surface area contributed by atoms with Crippen molar-refractivity contribution in [3.63, 3.8) is 0 Å². The second-order valence-corrected chi connectivity index (χ2v) is 5.22. The van der Waals surface area contributed by atoms with Gasteiger partial charge in [0.2, 0.25) is 0 Å². The molecule has 0 amide bonds. The Hall–Kier alpha value is -1.84. The Balaban J connectivity index is 3.60. The average Bonchev–Trinajstić information content (AvgIpc) is 2.25. The van der Waals surface area contributed by atoms with Gasteiger partial charge < -0.3 is 9.84 Å². The van der Waals surface area contributed by atoms with Gasteiger partial charge in [0.1, 0.15) is 5.75 Å². The summed E-state index contributed by atoms with van der Waals surface area (Å²) in [7, 11) is 1.45. The minimum absolute atomic E-state index is 0.137. The number of carboxylic acid groups (broad SMARTS) is 1. The van der Waals surface area contributed by atoms with Crippen molar-refractivity contribution < 1.29 is 19.4 Å². The highest BCUT2D eigenvalue weighted by Crippen LogP contribution is 2.35. The summed E-state index contributed by atoms with van der Waals surface area (Å²) in [6, 6.07) is 3.62. The maximum absolute atomic E-state index is 11.7. The van der Waals surface area contributed by atoms with Crippen molar-refractivity contribution in [3.05, 3.63) is 28.8 Å². The third-order valence-corrected chi connectivity index (χ3v) is 2.80. The number of methoxy groups -OCH3 is 1. The third-order valence-electron chi connectivity index (χ3n) is 2.80. The van der Waals surface area contributed by atoms with E-state index in [0.29, 0.717) is 11.3 Å². The van der Waals surface area contributed by atoms with Crippen LogP contribution in [0.3, 0.4) is 0 Å². The molecule has 0 saturated heterocycles. The summed E-state index contributed by atoms with van der Waals surface area (Å²) in [5.41, 5.74) is 1.33. The quantitative estimate of drug-likeness (QED) is 0.661. The van der Waals surface area contributed by atoms with Crippen molar-refractivity contribution in [2.24, 2.45) is 0 Å². The number of ether oxygens (including phenoxy) is 1. The fraction of sp³-hybridized carbons (Fsp3) is 0.429. The second-order valence-electron chi connectivity index (χ2n) is 5.22. The van der Waals surface area contributed by atoms with E-state index in [-0.39, 0.29) is 11.0 Å². The molecule has 4 heteroatoms. The Kier molecular flexibility index (Phi) is 3.79. The first-order chi connectivity index (χ1) is 8.20. The first-order valence-electron chi connectivity index (χ1n) is 5.65. The van der Waals surface area contributed by atoms with Crippen LogP contribution >= 0.6 is 0 Å². The molecule has 0 spiro atoms. The van der Waals surface area contributed by atoms with Crippen molar-refractivity contribution in [3.8, 4) is 5.75 Å². The molecule has 0 radical (unpaired) electrons. The number of hydrogen-bond donors (Lipinski definition) is 1. The molecular formula is C14H18O4. The van der Waals surface area contributed by atoms with Gasteiger partial charge in [0, 0.05) is 5.56 Å². The first-order valence-corrected chi connectivity index (χ1v) is 5.65. The van der Waals surface area contributed by atoms with Crippen LogP contribution in [0.5, 0.6) is 5.75 Å². The van der Waals surface area contributed by atoms with E-state index in [4.69, 9.17) is 9.84 Å². The second kappa shape index (κ2) is 4.80. The molecule has 0 atom stereocenters. The summed E-state index contributed by atoms with van der Waals surface area (Å²) in [6.07, 6.45) is 0. The number of ketones is 1. The summed E-state index contributed by atoms with van der Waals surface area (Å²) in [5.74, 6) is -2.05. The van der Waals surface area contributed by atoms with Crippen molar-refractivity contribution in [2.45, 2.75) is 33.1 Å². The lowest BCUT2D eigenvalue weighted by atomic mass is 9.83. The third kappa shape index (κ3) is 2.53. The largest absolute Gasteiger partial charge is 0.496 e. The smallest absolute Gasteiger partial charge is 0.377 e. The Morgan fingerprint density at radius 3 is 2.17 bits per heavy atom. The zero-order valence-corrected chi connectivity index (χ0v) is 11.3. The summed E-state index contributed by atoms with van der Waals surface area (Å²) in [4.78, 5) is 22.6. The molecule has 0 aliphatic rings. The molecule has 0 aromatic heterocycles. The summed E-state index contributed by atoms with van der Waals surface area (Å²) >= 11 is 0. The highest BCUT2D eigenvalue weighted by molar-refractivity contribution is 6.41. The van der Waals surface area contributed by atoms with Gasteiger partial charge in [-0.15, -0.1) is 0 Å². The summed E-state index contributed by atoms with van der Waals surface area (Å²) in [5, 5.41) is 8.87. The lowest BCUT2D eigenvalue weighted by molar-refractivity contribution is -0.131. The lowest BCUT2D eigenvalue weighted by Crippen LogP contribution is -2.19. The van der Waals surface area contributed by atoms with Gasteiger partial charge in [0.15, 0.2) is 0 Å². The first kappa shape index (κ1) is 14.2. The van der Waals surface area contributed by atoms with Gasteiger partial charge in [0.25, 0.3) is 5.78 Å². The van der Waals surface area contributed by atoms with Crippen molar-refractivity contribution >= 4 is 11.8 Å². The zero-order valence-electron chi connectivity index (χ0n) is 11.3. The van der Waals surface area contributed by atoms with E-state index in [1.54, 1.807) is 13.0 Å². The number of rotatable bonds is 3. The van der Waals surface area contributed by atoms with E-state index in [0.717, 1.165) is 5.56 Å². The molecule has 0 aliphatic heterocycles. The monoisotopic (exact) mass is 250 g/mol. The van der Waals surface area contributed by atoms with Crippen LogP contribution < -0.4 is 4.74 Å². The highest BCUT2D eigenvalue weighted by atomic mass is 16.5. The molecule has 1 N–H and O–H groups in total. The van der Waals surface area contributed by atoms with Gasteiger partial charge >= 0.3 is 5.97 Å². The average molecular weight is 250 g/mol. The number of hydrogen-bond acceptors (Lipinski definition) is 3. The summed E-state index contributed by atoms with van der Waals surface area (Å²) in [6.45, 7) is 7.64. The molecule has 0 aliphatic carbocycles. The van der Waals surface area contributed by atoms with Crippen LogP contribution in [0.2, 0.25) is 0 Å². The predicted molar refractivity (Wildman–Crippen MR) is 68.4 cm³/mol. The van der Waals surface area contributed by atoms with Crippen LogP contribution in [-0.4, -0.2) is 24.0 Å². The standard InChI is InChI=1S/C14H18O4/c1-8-6-7-9(14(2,3)4)12(18-5)10(8)11(15)13(16)17/h6-7H,1-5H3,(H,16,17). The molecule has 0 fully saturated rings. The molecule has 18 heavy (non-hydrogen) atoms. The lowest BCUT2D eigenvalue weighted by Gasteiger charge is -2.24. The fourth-order valence-electron chi connectivity index (χ4n) is 1.87. The van der Waals surface area contributed by atoms with E-state index in [9.17, 15) is 9.59 Å². The maximum Gasteiger partial charge on any atom is 0.377 e. The number of carbonyl (C=O) groups excluding carboxylic acids is 1. The van der Waals surface area contributed by atoms with Gasteiger partial charge in [0.05, 0.1) is 12.7 Å². The normalized spacial score (nSPS) is 11.2.